The topological polar surface area (TPSA) is 67.9 Å². The zero-order chi connectivity index (χ0) is 24.1. The van der Waals surface area contributed by atoms with Crippen LogP contribution >= 0.6 is 0 Å². The van der Waals surface area contributed by atoms with Crippen molar-refractivity contribution in [3.63, 3.8) is 0 Å². The lowest BCUT2D eigenvalue weighted by Gasteiger charge is -2.39. The lowest BCUT2D eigenvalue weighted by atomic mass is 9.86. The van der Waals surface area contributed by atoms with Gasteiger partial charge in [-0.05, 0) is 61.9 Å². The molecule has 0 aromatic heterocycles. The third-order valence-corrected chi connectivity index (χ3v) is 7.01. The number of hydrogen-bond donors (Lipinski definition) is 1. The van der Waals surface area contributed by atoms with Gasteiger partial charge >= 0.3 is 0 Å². The first-order valence-electron chi connectivity index (χ1n) is 12.4. The minimum atomic E-state index is -0.632. The van der Waals surface area contributed by atoms with Gasteiger partial charge in [0.2, 0.25) is 5.91 Å². The average Bonchev–Trinajstić information content (AvgIpc) is 3.38. The molecule has 2 unspecified atom stereocenters. The molecule has 1 saturated carbocycles. The van der Waals surface area contributed by atoms with E-state index in [2.05, 4.69) is 47.5 Å². The van der Waals surface area contributed by atoms with E-state index in [1.165, 1.54) is 11.1 Å². The number of aryl methyl sites for hydroxylation is 1. The minimum absolute atomic E-state index is 0.129. The second-order valence-electron chi connectivity index (χ2n) is 9.48. The molecule has 1 N–H and O–H groups in total. The van der Waals surface area contributed by atoms with E-state index in [0.29, 0.717) is 18.9 Å². The normalized spacial score (nSPS) is 18.9. The van der Waals surface area contributed by atoms with Gasteiger partial charge in [-0.3, -0.25) is 9.59 Å². The molecule has 1 heterocycles. The smallest absolute Gasteiger partial charge is 0.260 e. The maximum Gasteiger partial charge on any atom is 0.260 e. The molecule has 34 heavy (non-hydrogen) atoms. The van der Waals surface area contributed by atoms with Gasteiger partial charge in [0, 0.05) is 26.1 Å². The third kappa shape index (κ3) is 5.44. The highest BCUT2D eigenvalue weighted by Crippen LogP contribution is 2.39. The predicted octanol–water partition coefficient (Wildman–Crippen LogP) is 4.19. The zero-order valence-electron chi connectivity index (χ0n) is 20.5. The molecule has 0 bridgehead atoms. The first-order valence-corrected chi connectivity index (χ1v) is 12.4. The molecule has 0 radical (unpaired) electrons. The van der Waals surface area contributed by atoms with E-state index in [-0.39, 0.29) is 23.8 Å². The Balaban J connectivity index is 1.62. The highest BCUT2D eigenvalue weighted by Gasteiger charge is 2.36. The van der Waals surface area contributed by atoms with Crippen LogP contribution in [0.25, 0.3) is 0 Å². The van der Waals surface area contributed by atoms with Crippen LogP contribution in [0.1, 0.15) is 60.9 Å². The number of methoxy groups -OCH3 is 1. The Morgan fingerprint density at radius 1 is 1.12 bits per heavy atom. The van der Waals surface area contributed by atoms with E-state index in [1.807, 2.05) is 12.1 Å². The molecule has 6 nitrogen and oxygen atoms in total. The molecule has 2 aromatic carbocycles. The summed E-state index contributed by atoms with van der Waals surface area (Å²) in [4.78, 5) is 28.0. The van der Waals surface area contributed by atoms with Crippen LogP contribution in [0.15, 0.2) is 42.5 Å². The maximum absolute atomic E-state index is 13.6. The van der Waals surface area contributed by atoms with Crippen LogP contribution in [-0.2, 0) is 20.7 Å². The summed E-state index contributed by atoms with van der Waals surface area (Å²) in [5.74, 6) is 0.860. The van der Waals surface area contributed by atoms with E-state index in [1.54, 1.807) is 14.0 Å². The zero-order valence-corrected chi connectivity index (χ0v) is 20.5. The van der Waals surface area contributed by atoms with Crippen LogP contribution in [0.4, 0.5) is 0 Å². The Bertz CT molecular complexity index is 998. The Hall–Kier alpha value is -2.86. The fourth-order valence-electron chi connectivity index (χ4n) is 5.10. The van der Waals surface area contributed by atoms with Gasteiger partial charge in [0.05, 0.1) is 12.6 Å². The van der Waals surface area contributed by atoms with Crippen LogP contribution in [0, 0.1) is 12.8 Å². The number of amides is 2. The van der Waals surface area contributed by atoms with Gasteiger partial charge in [-0.15, -0.1) is 0 Å². The summed E-state index contributed by atoms with van der Waals surface area (Å²) in [5.41, 5.74) is 4.62. The predicted molar refractivity (Wildman–Crippen MR) is 132 cm³/mol. The SMILES string of the molecule is COCCNC(=O)C(C)Oc1ccc2c(c1)C(c1ccc(C)cc1)N(C(=O)C1CCCC1)CC2. The first kappa shape index (κ1) is 24.3. The second-order valence-corrected chi connectivity index (χ2v) is 9.48. The summed E-state index contributed by atoms with van der Waals surface area (Å²) < 4.78 is 11.0. The number of rotatable bonds is 8. The summed E-state index contributed by atoms with van der Waals surface area (Å²) in [5, 5.41) is 2.82. The number of fused-ring (bicyclic) bond motifs is 1. The van der Waals surface area contributed by atoms with Crippen molar-refractivity contribution in [3.8, 4) is 5.75 Å². The number of nitrogens with zero attached hydrogens (tertiary/aromatic N) is 1. The monoisotopic (exact) mass is 464 g/mol. The van der Waals surface area contributed by atoms with Crippen LogP contribution in [-0.4, -0.2) is 49.6 Å². The van der Waals surface area contributed by atoms with Gasteiger partial charge in [0.1, 0.15) is 5.75 Å². The van der Waals surface area contributed by atoms with Gasteiger partial charge in [-0.25, -0.2) is 0 Å². The van der Waals surface area contributed by atoms with Crippen molar-refractivity contribution in [2.24, 2.45) is 5.92 Å². The van der Waals surface area contributed by atoms with Crippen molar-refractivity contribution >= 4 is 11.8 Å². The van der Waals surface area contributed by atoms with Crippen LogP contribution in [0.3, 0.4) is 0 Å². The Morgan fingerprint density at radius 3 is 2.56 bits per heavy atom. The molecule has 0 saturated heterocycles. The molecule has 0 spiro atoms. The molecule has 4 rings (SSSR count). The van der Waals surface area contributed by atoms with Gasteiger partial charge < -0.3 is 19.7 Å². The minimum Gasteiger partial charge on any atom is -0.481 e. The third-order valence-electron chi connectivity index (χ3n) is 7.01. The average molecular weight is 465 g/mol. The van der Waals surface area contributed by atoms with E-state index in [0.717, 1.165) is 49.8 Å². The molecular weight excluding hydrogens is 428 g/mol. The molecule has 1 fully saturated rings. The maximum atomic E-state index is 13.6. The van der Waals surface area contributed by atoms with Crippen molar-refractivity contribution < 1.29 is 19.1 Å². The Labute approximate surface area is 202 Å². The summed E-state index contributed by atoms with van der Waals surface area (Å²) in [6.07, 6.45) is 4.44. The van der Waals surface area contributed by atoms with E-state index in [4.69, 9.17) is 9.47 Å². The van der Waals surface area contributed by atoms with E-state index >= 15 is 0 Å². The standard InChI is InChI=1S/C28H36N2O4/c1-19-8-10-22(11-9-19)26-25-18-24(34-20(2)27(31)29-15-17-33-3)13-12-21(25)14-16-30(26)28(32)23-6-4-5-7-23/h8-13,18,20,23,26H,4-7,14-17H2,1-3H3,(H,29,31). The summed E-state index contributed by atoms with van der Waals surface area (Å²) >= 11 is 0. The quantitative estimate of drug-likeness (QED) is 0.595. The van der Waals surface area contributed by atoms with Crippen LogP contribution in [0.2, 0.25) is 0 Å². The Kier molecular flexibility index (Phi) is 7.88. The molecule has 2 aromatic rings. The van der Waals surface area contributed by atoms with Crippen molar-refractivity contribution in [2.45, 2.75) is 58.1 Å². The summed E-state index contributed by atoms with van der Waals surface area (Å²) in [7, 11) is 1.60. The fourth-order valence-corrected chi connectivity index (χ4v) is 5.10. The van der Waals surface area contributed by atoms with Gasteiger partial charge in [-0.1, -0.05) is 48.7 Å². The highest BCUT2D eigenvalue weighted by atomic mass is 16.5. The largest absolute Gasteiger partial charge is 0.481 e. The molecule has 2 atom stereocenters. The number of benzene rings is 2. The van der Waals surface area contributed by atoms with Crippen molar-refractivity contribution in [2.75, 3.05) is 26.8 Å². The summed E-state index contributed by atoms with van der Waals surface area (Å²) in [6, 6.07) is 14.4. The van der Waals surface area contributed by atoms with Crippen molar-refractivity contribution in [3.05, 3.63) is 64.7 Å². The van der Waals surface area contributed by atoms with Gasteiger partial charge in [0.25, 0.3) is 5.91 Å². The lowest BCUT2D eigenvalue weighted by molar-refractivity contribution is -0.137. The van der Waals surface area contributed by atoms with E-state index in [9.17, 15) is 9.59 Å². The first-order chi connectivity index (χ1) is 16.5. The molecule has 182 valence electrons. The van der Waals surface area contributed by atoms with Crippen LogP contribution < -0.4 is 10.1 Å². The second kappa shape index (κ2) is 11.0. The van der Waals surface area contributed by atoms with Crippen molar-refractivity contribution in [1.29, 1.82) is 0 Å². The number of carbonyl (C=O) groups is 2. The fraction of sp³-hybridized carbons (Fsp3) is 0.500. The molecule has 6 heteroatoms. The van der Waals surface area contributed by atoms with Gasteiger partial charge in [-0.2, -0.15) is 0 Å². The van der Waals surface area contributed by atoms with E-state index < -0.39 is 6.10 Å². The number of carbonyl (C=O) groups excluding carboxylic acids is 2. The number of ether oxygens (including phenoxy) is 2. The molecule has 2 amide bonds. The summed E-state index contributed by atoms with van der Waals surface area (Å²) in [6.45, 7) is 5.45. The highest BCUT2D eigenvalue weighted by molar-refractivity contribution is 5.81. The lowest BCUT2D eigenvalue weighted by Crippen LogP contribution is -2.43. The van der Waals surface area contributed by atoms with Gasteiger partial charge in [0.15, 0.2) is 6.10 Å². The number of nitrogens with one attached hydrogen (secondary N) is 1. The van der Waals surface area contributed by atoms with Crippen LogP contribution in [0.5, 0.6) is 5.75 Å². The molecule has 2 aliphatic rings. The molecule has 1 aliphatic carbocycles. The van der Waals surface area contributed by atoms with Crippen molar-refractivity contribution in [1.82, 2.24) is 10.2 Å². The molecular formula is C28H36N2O4. The number of hydrogen-bond acceptors (Lipinski definition) is 4. The molecule has 1 aliphatic heterocycles. The Morgan fingerprint density at radius 2 is 1.85 bits per heavy atom.